The molecule has 10 nitrogen and oxygen atoms in total. The quantitative estimate of drug-likeness (QED) is 0.357. The van der Waals surface area contributed by atoms with E-state index in [1.54, 1.807) is 28.9 Å². The number of carbonyl (C=O) groups is 2. The Bertz CT molecular complexity index is 1400. The lowest BCUT2D eigenvalue weighted by atomic mass is 10.1. The number of carboxylic acid groups (broad SMARTS) is 1. The monoisotopic (exact) mass is 533 g/mol. The summed E-state index contributed by atoms with van der Waals surface area (Å²) in [6, 6.07) is 6.43. The van der Waals surface area contributed by atoms with Crippen LogP contribution >= 0.6 is 0 Å². The zero-order chi connectivity index (χ0) is 28.3. The number of imidazole rings is 1. The first-order valence-electron chi connectivity index (χ1n) is 11.1. The second-order valence-corrected chi connectivity index (χ2v) is 8.59. The lowest BCUT2D eigenvalue weighted by Crippen LogP contribution is -2.34. The molecule has 0 radical (unpaired) electrons. The van der Waals surface area contributed by atoms with Crippen LogP contribution in [0.3, 0.4) is 0 Å². The number of rotatable bonds is 9. The lowest BCUT2D eigenvalue weighted by molar-refractivity contribution is -0.141. The Kier molecular flexibility index (Phi) is 7.98. The Morgan fingerprint density at radius 3 is 2.34 bits per heavy atom. The zero-order valence-electron chi connectivity index (χ0n) is 21.0. The van der Waals surface area contributed by atoms with E-state index < -0.39 is 30.1 Å². The third kappa shape index (κ3) is 6.05. The van der Waals surface area contributed by atoms with Crippen molar-refractivity contribution in [3.63, 3.8) is 0 Å². The van der Waals surface area contributed by atoms with Crippen LogP contribution in [-0.4, -0.2) is 65.1 Å². The highest BCUT2D eigenvalue weighted by Gasteiger charge is 2.30. The zero-order valence-corrected chi connectivity index (χ0v) is 21.0. The molecule has 1 aromatic carbocycles. The Balaban J connectivity index is 2.01. The number of amides is 1. The molecule has 3 aromatic rings. The van der Waals surface area contributed by atoms with Crippen molar-refractivity contribution in [3.05, 3.63) is 54.0 Å². The number of nitrogens with zero attached hydrogens (tertiary/aromatic N) is 3. The molecule has 0 saturated carbocycles. The Hall–Kier alpha value is -4.55. The highest BCUT2D eigenvalue weighted by Crippen LogP contribution is 2.35. The first kappa shape index (κ1) is 28.0. The molecule has 0 bridgehead atoms. The molecule has 4 N–H and O–H groups in total. The summed E-state index contributed by atoms with van der Waals surface area (Å²) in [5.74, 6) is -2.07. The van der Waals surface area contributed by atoms with Crippen molar-refractivity contribution in [3.8, 4) is 22.8 Å². The number of aliphatic imine (C=N–C) groups is 1. The van der Waals surface area contributed by atoms with Crippen molar-refractivity contribution < 1.29 is 37.3 Å². The number of alkyl halides is 3. The van der Waals surface area contributed by atoms with Gasteiger partial charge in [0, 0.05) is 29.7 Å². The molecule has 13 heteroatoms. The van der Waals surface area contributed by atoms with Crippen molar-refractivity contribution in [2.24, 2.45) is 10.7 Å². The van der Waals surface area contributed by atoms with Gasteiger partial charge >= 0.3 is 12.1 Å². The number of aliphatic carboxylic acids is 1. The molecule has 38 heavy (non-hydrogen) atoms. The normalized spacial score (nSPS) is 12.7. The molecule has 0 atom stereocenters. The van der Waals surface area contributed by atoms with Crippen molar-refractivity contribution in [2.75, 3.05) is 20.8 Å². The summed E-state index contributed by atoms with van der Waals surface area (Å²) < 4.78 is 50.1. The van der Waals surface area contributed by atoms with E-state index in [9.17, 15) is 27.9 Å². The molecule has 0 aliphatic heterocycles. The number of hydrogen-bond donors (Lipinski definition) is 3. The Morgan fingerprint density at radius 2 is 1.82 bits per heavy atom. The van der Waals surface area contributed by atoms with Crippen LogP contribution in [0, 0.1) is 0 Å². The summed E-state index contributed by atoms with van der Waals surface area (Å²) in [6.07, 6.45) is 1.36. The van der Waals surface area contributed by atoms with Crippen LogP contribution in [-0.2, 0) is 4.79 Å². The first-order chi connectivity index (χ1) is 17.8. The third-order valence-corrected chi connectivity index (χ3v) is 5.55. The van der Waals surface area contributed by atoms with Crippen LogP contribution in [0.1, 0.15) is 29.8 Å². The van der Waals surface area contributed by atoms with Gasteiger partial charge in [-0.2, -0.15) is 13.2 Å². The molecule has 0 aliphatic rings. The van der Waals surface area contributed by atoms with E-state index in [0.29, 0.717) is 28.0 Å². The largest absolute Gasteiger partial charge is 0.496 e. The molecule has 3 rings (SSSR count). The van der Waals surface area contributed by atoms with Gasteiger partial charge in [0.2, 0.25) is 0 Å². The number of hydrogen-bond acceptors (Lipinski definition) is 7. The fourth-order valence-electron chi connectivity index (χ4n) is 3.43. The minimum absolute atomic E-state index is 0.0104. The highest BCUT2D eigenvalue weighted by atomic mass is 19.4. The lowest BCUT2D eigenvalue weighted by Gasteiger charge is -2.16. The SMILES string of the molecule is COc1cc(-c2cnc3cc(C(C=NC(C)(C)C(=O)O)=CN)ccn23)cc(OC)c1C(=O)NCC(F)(F)F. The van der Waals surface area contributed by atoms with E-state index in [0.717, 1.165) is 0 Å². The number of benzene rings is 1. The van der Waals surface area contributed by atoms with Gasteiger partial charge in [0.15, 0.2) is 5.54 Å². The number of aromatic nitrogens is 2. The van der Waals surface area contributed by atoms with Crippen molar-refractivity contribution in [1.29, 1.82) is 0 Å². The standard InChI is InChI=1S/C25H26F3N5O5/c1-24(2,23(35)36)32-11-16(10-29)14-5-6-33-17(12-30-20(33)9-14)15-7-18(37-3)21(19(8-15)38-4)22(34)31-13-25(26,27)28/h5-12H,13,29H2,1-4H3,(H,31,34)(H,35,36). The van der Waals surface area contributed by atoms with Crippen molar-refractivity contribution >= 4 is 29.3 Å². The van der Waals surface area contributed by atoms with Gasteiger partial charge in [-0.15, -0.1) is 0 Å². The fraction of sp³-hybridized carbons (Fsp3) is 0.280. The number of allylic oxidation sites excluding steroid dienone is 1. The van der Waals surface area contributed by atoms with E-state index in [1.165, 1.54) is 52.6 Å². The van der Waals surface area contributed by atoms with E-state index in [1.807, 2.05) is 5.32 Å². The second kappa shape index (κ2) is 10.8. The maximum Gasteiger partial charge on any atom is 0.405 e. The molecule has 0 fully saturated rings. The van der Waals surface area contributed by atoms with Gasteiger partial charge in [0.25, 0.3) is 5.91 Å². The van der Waals surface area contributed by atoms with Crippen molar-refractivity contribution in [2.45, 2.75) is 25.6 Å². The number of nitrogens with one attached hydrogen (secondary N) is 1. The first-order valence-corrected chi connectivity index (χ1v) is 11.1. The van der Waals surface area contributed by atoms with Crippen LogP contribution in [0.15, 0.2) is 47.9 Å². The van der Waals surface area contributed by atoms with Crippen LogP contribution < -0.4 is 20.5 Å². The molecule has 2 aromatic heterocycles. The predicted molar refractivity (Wildman–Crippen MR) is 134 cm³/mol. The number of pyridine rings is 1. The summed E-state index contributed by atoms with van der Waals surface area (Å²) in [5, 5.41) is 11.1. The number of carboxylic acids is 1. The molecule has 1 amide bonds. The van der Waals surface area contributed by atoms with Crippen LogP contribution in [0.25, 0.3) is 22.5 Å². The van der Waals surface area contributed by atoms with Gasteiger partial charge in [-0.05, 0) is 43.7 Å². The number of methoxy groups -OCH3 is 2. The molecule has 0 unspecified atom stereocenters. The van der Waals surface area contributed by atoms with Gasteiger partial charge in [-0.3, -0.25) is 14.2 Å². The fourth-order valence-corrected chi connectivity index (χ4v) is 3.43. The highest BCUT2D eigenvalue weighted by molar-refractivity contribution is 6.10. The molecular formula is C25H26F3N5O5. The van der Waals surface area contributed by atoms with Crippen LogP contribution in [0.4, 0.5) is 13.2 Å². The smallest absolute Gasteiger partial charge is 0.405 e. The maximum absolute atomic E-state index is 12.6. The molecule has 0 saturated heterocycles. The number of ether oxygens (including phenoxy) is 2. The van der Waals surface area contributed by atoms with E-state index in [2.05, 4.69) is 9.98 Å². The summed E-state index contributed by atoms with van der Waals surface area (Å²) in [4.78, 5) is 32.3. The predicted octanol–water partition coefficient (Wildman–Crippen LogP) is 3.54. The molecule has 202 valence electrons. The summed E-state index contributed by atoms with van der Waals surface area (Å²) in [7, 11) is 2.57. The van der Waals surface area contributed by atoms with Gasteiger partial charge in [0.1, 0.15) is 29.3 Å². The molecule has 2 heterocycles. The maximum atomic E-state index is 12.6. The van der Waals surface area contributed by atoms with E-state index >= 15 is 0 Å². The van der Waals surface area contributed by atoms with Gasteiger partial charge in [-0.25, -0.2) is 9.78 Å². The summed E-state index contributed by atoms with van der Waals surface area (Å²) in [6.45, 7) is 1.41. The van der Waals surface area contributed by atoms with Crippen LogP contribution in [0.2, 0.25) is 0 Å². The van der Waals surface area contributed by atoms with Gasteiger partial charge in [0.05, 0.1) is 26.1 Å². The Labute approximate surface area is 215 Å². The number of nitrogens with two attached hydrogens (primary N) is 1. The van der Waals surface area contributed by atoms with Gasteiger partial charge < -0.3 is 25.6 Å². The average molecular weight is 534 g/mol. The van der Waals surface area contributed by atoms with Crippen molar-refractivity contribution in [1.82, 2.24) is 14.7 Å². The van der Waals surface area contributed by atoms with E-state index in [4.69, 9.17) is 15.2 Å². The molecule has 0 spiro atoms. The topological polar surface area (TPSA) is 141 Å². The second-order valence-electron chi connectivity index (χ2n) is 8.59. The Morgan fingerprint density at radius 1 is 1.18 bits per heavy atom. The minimum Gasteiger partial charge on any atom is -0.496 e. The minimum atomic E-state index is -4.58. The summed E-state index contributed by atoms with van der Waals surface area (Å²) >= 11 is 0. The van der Waals surface area contributed by atoms with Gasteiger partial charge in [-0.1, -0.05) is 0 Å². The summed E-state index contributed by atoms with van der Waals surface area (Å²) in [5.41, 5.74) is 6.94. The third-order valence-electron chi connectivity index (χ3n) is 5.55. The number of halogens is 3. The number of fused-ring (bicyclic) bond motifs is 1. The number of carbonyl (C=O) groups excluding carboxylic acids is 1. The molecule has 0 aliphatic carbocycles. The van der Waals surface area contributed by atoms with E-state index in [-0.39, 0.29) is 17.1 Å². The van der Waals surface area contributed by atoms with Crippen LogP contribution in [0.5, 0.6) is 11.5 Å². The molecular weight excluding hydrogens is 507 g/mol. The average Bonchev–Trinajstić information content (AvgIpc) is 3.29.